The Morgan fingerprint density at radius 2 is 2.29 bits per heavy atom. The molecule has 0 aliphatic heterocycles. The Morgan fingerprint density at radius 3 is 2.86 bits per heavy atom. The topological polar surface area (TPSA) is 54.2 Å². The summed E-state index contributed by atoms with van der Waals surface area (Å²) >= 11 is 0. The zero-order valence-corrected chi connectivity index (χ0v) is 8.99. The largest absolute Gasteiger partial charge is 0.308 e. The van der Waals surface area contributed by atoms with Gasteiger partial charge < -0.3 is 5.43 Å². The highest BCUT2D eigenvalue weighted by molar-refractivity contribution is 5.35. The number of hydrogen-bond donors (Lipinski definition) is 2. The molecule has 4 heteroatoms. The molecule has 0 unspecified atom stereocenters. The van der Waals surface area contributed by atoms with E-state index in [4.69, 9.17) is 5.84 Å². The van der Waals surface area contributed by atoms with Crippen LogP contribution in [0.15, 0.2) is 18.3 Å². The van der Waals surface area contributed by atoms with E-state index in [1.165, 1.54) is 5.56 Å². The molecule has 78 valence electrons. The lowest BCUT2D eigenvalue weighted by Gasteiger charge is -2.20. The molecule has 0 aliphatic rings. The molecule has 1 rings (SSSR count). The molecule has 0 radical (unpaired) electrons. The summed E-state index contributed by atoms with van der Waals surface area (Å²) in [5.74, 6) is 5.99. The predicted octanol–water partition coefficient (Wildman–Crippen LogP) is 1.21. The summed E-state index contributed by atoms with van der Waals surface area (Å²) in [6, 6.07) is 4.50. The number of nitrogen functional groups attached to an aromatic ring is 1. The Bertz CT molecular complexity index is 285. The van der Waals surface area contributed by atoms with Gasteiger partial charge in [0.15, 0.2) is 0 Å². The summed E-state index contributed by atoms with van der Waals surface area (Å²) in [5.41, 5.74) is 3.75. The van der Waals surface area contributed by atoms with Crippen molar-refractivity contribution < 1.29 is 0 Å². The molecule has 3 N–H and O–H groups in total. The van der Waals surface area contributed by atoms with Gasteiger partial charge in [-0.3, -0.25) is 4.90 Å². The van der Waals surface area contributed by atoms with Crippen molar-refractivity contribution in [3.8, 4) is 0 Å². The van der Waals surface area contributed by atoms with Crippen LogP contribution in [0.4, 0.5) is 5.82 Å². The molecule has 0 spiro atoms. The fraction of sp³-hybridized carbons (Fsp3) is 0.500. The van der Waals surface area contributed by atoms with Gasteiger partial charge in [0.2, 0.25) is 0 Å². The fourth-order valence-corrected chi connectivity index (χ4v) is 1.12. The van der Waals surface area contributed by atoms with Crippen molar-refractivity contribution in [2.24, 2.45) is 5.84 Å². The Kier molecular flexibility index (Phi) is 3.85. The van der Waals surface area contributed by atoms with Gasteiger partial charge in [-0.25, -0.2) is 10.8 Å². The number of aromatic nitrogens is 1. The maximum atomic E-state index is 5.28. The van der Waals surface area contributed by atoms with E-state index in [-0.39, 0.29) is 0 Å². The first kappa shape index (κ1) is 10.9. The van der Waals surface area contributed by atoms with Crippen molar-refractivity contribution >= 4 is 5.82 Å². The minimum Gasteiger partial charge on any atom is -0.308 e. The maximum absolute atomic E-state index is 5.28. The summed E-state index contributed by atoms with van der Waals surface area (Å²) < 4.78 is 0. The number of rotatable bonds is 4. The highest BCUT2D eigenvalue weighted by atomic mass is 15.2. The van der Waals surface area contributed by atoms with Gasteiger partial charge in [-0.2, -0.15) is 0 Å². The van der Waals surface area contributed by atoms with Gasteiger partial charge >= 0.3 is 0 Å². The third-order valence-corrected chi connectivity index (χ3v) is 2.29. The summed E-state index contributed by atoms with van der Waals surface area (Å²) in [5, 5.41) is 0. The molecule has 0 fully saturated rings. The second-order valence-electron chi connectivity index (χ2n) is 3.70. The summed E-state index contributed by atoms with van der Waals surface area (Å²) in [4.78, 5) is 6.31. The van der Waals surface area contributed by atoms with Gasteiger partial charge in [-0.05, 0) is 38.6 Å². The predicted molar refractivity (Wildman–Crippen MR) is 58.7 cm³/mol. The van der Waals surface area contributed by atoms with Crippen molar-refractivity contribution in [2.45, 2.75) is 26.4 Å². The van der Waals surface area contributed by atoms with Crippen LogP contribution in [0, 0.1) is 0 Å². The van der Waals surface area contributed by atoms with E-state index >= 15 is 0 Å². The van der Waals surface area contributed by atoms with Gasteiger partial charge in [-0.15, -0.1) is 0 Å². The van der Waals surface area contributed by atoms with E-state index in [1.807, 2.05) is 12.1 Å². The van der Waals surface area contributed by atoms with Crippen molar-refractivity contribution in [2.75, 3.05) is 12.5 Å². The van der Waals surface area contributed by atoms with Crippen LogP contribution >= 0.6 is 0 Å². The Morgan fingerprint density at radius 1 is 1.57 bits per heavy atom. The average molecular weight is 194 g/mol. The Balaban J connectivity index is 2.66. The lowest BCUT2D eigenvalue weighted by atomic mass is 10.2. The standard InChI is InChI=1S/C10H18N4/c1-8(2)14(3)7-9-4-5-12-10(6-9)13-11/h4-6,8H,7,11H2,1-3H3,(H,12,13). The van der Waals surface area contributed by atoms with E-state index in [9.17, 15) is 0 Å². The van der Waals surface area contributed by atoms with Crippen molar-refractivity contribution in [1.29, 1.82) is 0 Å². The SMILES string of the molecule is CC(C)N(C)Cc1ccnc(NN)c1. The molecule has 0 aromatic carbocycles. The molecule has 1 heterocycles. The minimum absolute atomic E-state index is 0.539. The number of hydrazine groups is 1. The van der Waals surface area contributed by atoms with Crippen LogP contribution in [0.1, 0.15) is 19.4 Å². The summed E-state index contributed by atoms with van der Waals surface area (Å²) in [7, 11) is 2.10. The lowest BCUT2D eigenvalue weighted by Crippen LogP contribution is -2.25. The van der Waals surface area contributed by atoms with Gasteiger partial charge in [0.05, 0.1) is 0 Å². The third-order valence-electron chi connectivity index (χ3n) is 2.29. The first-order valence-electron chi connectivity index (χ1n) is 4.75. The van der Waals surface area contributed by atoms with Crippen molar-refractivity contribution in [1.82, 2.24) is 9.88 Å². The van der Waals surface area contributed by atoms with Crippen LogP contribution in [0.5, 0.6) is 0 Å². The number of pyridine rings is 1. The molecule has 1 aromatic rings. The van der Waals surface area contributed by atoms with E-state index in [2.05, 4.69) is 36.2 Å². The van der Waals surface area contributed by atoms with Gasteiger partial charge in [0.25, 0.3) is 0 Å². The van der Waals surface area contributed by atoms with Crippen molar-refractivity contribution in [3.63, 3.8) is 0 Å². The molecule has 0 saturated carbocycles. The first-order chi connectivity index (χ1) is 6.63. The fourth-order valence-electron chi connectivity index (χ4n) is 1.12. The number of nitrogens with one attached hydrogen (secondary N) is 1. The molecule has 0 amide bonds. The molecule has 0 aliphatic carbocycles. The van der Waals surface area contributed by atoms with Gasteiger partial charge in [0, 0.05) is 18.8 Å². The second kappa shape index (κ2) is 4.93. The quantitative estimate of drug-likeness (QED) is 0.559. The lowest BCUT2D eigenvalue weighted by molar-refractivity contribution is 0.266. The minimum atomic E-state index is 0.539. The van der Waals surface area contributed by atoms with E-state index < -0.39 is 0 Å². The molecular weight excluding hydrogens is 176 g/mol. The normalized spacial score (nSPS) is 11.0. The zero-order valence-electron chi connectivity index (χ0n) is 8.99. The monoisotopic (exact) mass is 194 g/mol. The highest BCUT2D eigenvalue weighted by Crippen LogP contribution is 2.09. The van der Waals surface area contributed by atoms with Gasteiger partial charge in [0.1, 0.15) is 5.82 Å². The van der Waals surface area contributed by atoms with Gasteiger partial charge in [-0.1, -0.05) is 0 Å². The van der Waals surface area contributed by atoms with Crippen LogP contribution in [0.25, 0.3) is 0 Å². The first-order valence-corrected chi connectivity index (χ1v) is 4.75. The van der Waals surface area contributed by atoms with Crippen LogP contribution < -0.4 is 11.3 Å². The molecule has 0 bridgehead atoms. The summed E-state index contributed by atoms with van der Waals surface area (Å²) in [6.07, 6.45) is 1.76. The van der Waals surface area contributed by atoms with Crippen LogP contribution in [0.3, 0.4) is 0 Å². The second-order valence-corrected chi connectivity index (χ2v) is 3.70. The Labute approximate surface area is 85.1 Å². The number of nitrogens with two attached hydrogens (primary N) is 1. The van der Waals surface area contributed by atoms with E-state index in [1.54, 1.807) is 6.20 Å². The average Bonchev–Trinajstić information content (AvgIpc) is 2.18. The number of hydrogen-bond acceptors (Lipinski definition) is 4. The van der Waals surface area contributed by atoms with Crippen LogP contribution in [0.2, 0.25) is 0 Å². The molecule has 4 nitrogen and oxygen atoms in total. The Hall–Kier alpha value is -1.13. The van der Waals surface area contributed by atoms with Crippen LogP contribution in [-0.4, -0.2) is 23.0 Å². The molecule has 14 heavy (non-hydrogen) atoms. The third kappa shape index (κ3) is 2.97. The molecule has 0 saturated heterocycles. The maximum Gasteiger partial charge on any atom is 0.140 e. The van der Waals surface area contributed by atoms with E-state index in [0.717, 1.165) is 6.54 Å². The van der Waals surface area contributed by atoms with Crippen LogP contribution in [-0.2, 0) is 6.54 Å². The number of anilines is 1. The summed E-state index contributed by atoms with van der Waals surface area (Å²) in [6.45, 7) is 5.25. The zero-order chi connectivity index (χ0) is 10.6. The van der Waals surface area contributed by atoms with Crippen molar-refractivity contribution in [3.05, 3.63) is 23.9 Å². The van der Waals surface area contributed by atoms with E-state index in [0.29, 0.717) is 11.9 Å². The smallest absolute Gasteiger partial charge is 0.140 e. The molecule has 0 atom stereocenters. The molecule has 1 aromatic heterocycles. The molecular formula is C10H18N4. The number of nitrogens with zero attached hydrogens (tertiary/aromatic N) is 2. The highest BCUT2D eigenvalue weighted by Gasteiger charge is 2.04.